The number of hydrogen-bond donors (Lipinski definition) is 2. The van der Waals surface area contributed by atoms with Crippen molar-refractivity contribution in [3.05, 3.63) is 35.9 Å². The zero-order valence-electron chi connectivity index (χ0n) is 11.5. The number of Topliss-reactive ketones (excluding diaryl/α,β-unsaturated/α-hetero) is 1. The lowest BCUT2D eigenvalue weighted by molar-refractivity contribution is -0.153. The highest BCUT2D eigenvalue weighted by molar-refractivity contribution is 6.08. The number of aliphatic carboxylic acids is 1. The SMILES string of the molecule is NC1(C(=O)O)C(=O)CCCC1CCCc1ccccc1. The molecular weight excluding hydrogens is 254 g/mol. The van der Waals surface area contributed by atoms with Crippen LogP contribution in [0.1, 0.15) is 37.7 Å². The minimum absolute atomic E-state index is 0.245. The van der Waals surface area contributed by atoms with Crippen LogP contribution in [-0.2, 0) is 16.0 Å². The van der Waals surface area contributed by atoms with Crippen LogP contribution < -0.4 is 5.73 Å². The number of rotatable bonds is 5. The van der Waals surface area contributed by atoms with E-state index >= 15 is 0 Å². The molecule has 0 heterocycles. The molecule has 1 aliphatic rings. The molecular formula is C16H21NO3. The Morgan fingerprint density at radius 2 is 2.05 bits per heavy atom. The van der Waals surface area contributed by atoms with Crippen molar-refractivity contribution in [3.8, 4) is 0 Å². The maximum atomic E-state index is 11.9. The van der Waals surface area contributed by atoms with Gasteiger partial charge in [-0.3, -0.25) is 4.79 Å². The number of benzene rings is 1. The molecule has 2 unspecified atom stereocenters. The Morgan fingerprint density at radius 3 is 2.70 bits per heavy atom. The lowest BCUT2D eigenvalue weighted by Crippen LogP contribution is -2.61. The highest BCUT2D eigenvalue weighted by atomic mass is 16.4. The molecule has 4 nitrogen and oxygen atoms in total. The first-order valence-corrected chi connectivity index (χ1v) is 7.14. The highest BCUT2D eigenvalue weighted by Gasteiger charge is 2.49. The van der Waals surface area contributed by atoms with E-state index in [0.717, 1.165) is 25.7 Å². The standard InChI is InChI=1S/C16H21NO3/c17-16(15(19)20)13(10-5-11-14(16)18)9-4-8-12-6-2-1-3-7-12/h1-3,6-7,13H,4-5,8-11,17H2,(H,19,20). The van der Waals surface area contributed by atoms with Gasteiger partial charge in [-0.2, -0.15) is 0 Å². The second kappa shape index (κ2) is 6.18. The molecule has 1 fully saturated rings. The number of carbonyl (C=O) groups excluding carboxylic acids is 1. The van der Waals surface area contributed by atoms with Crippen LogP contribution in [0, 0.1) is 5.92 Å². The van der Waals surface area contributed by atoms with Crippen LogP contribution in [0.15, 0.2) is 30.3 Å². The molecule has 1 aromatic rings. The number of carboxylic acids is 1. The third-order valence-corrected chi connectivity index (χ3v) is 4.28. The van der Waals surface area contributed by atoms with Gasteiger partial charge in [-0.15, -0.1) is 0 Å². The molecule has 0 saturated heterocycles. The van der Waals surface area contributed by atoms with Crippen molar-refractivity contribution in [1.29, 1.82) is 0 Å². The van der Waals surface area contributed by atoms with E-state index in [2.05, 4.69) is 12.1 Å². The Kier molecular flexibility index (Phi) is 4.55. The Bertz CT molecular complexity index is 486. The molecule has 1 aliphatic carbocycles. The lowest BCUT2D eigenvalue weighted by Gasteiger charge is -2.36. The molecule has 0 aliphatic heterocycles. The molecule has 0 spiro atoms. The fourth-order valence-corrected chi connectivity index (χ4v) is 3.03. The molecule has 20 heavy (non-hydrogen) atoms. The van der Waals surface area contributed by atoms with Crippen LogP contribution in [0.3, 0.4) is 0 Å². The summed E-state index contributed by atoms with van der Waals surface area (Å²) in [6.45, 7) is 0. The maximum Gasteiger partial charge on any atom is 0.331 e. The van der Waals surface area contributed by atoms with Crippen LogP contribution in [0.5, 0.6) is 0 Å². The number of carbonyl (C=O) groups is 2. The van der Waals surface area contributed by atoms with E-state index in [1.807, 2.05) is 18.2 Å². The molecule has 0 radical (unpaired) electrons. The van der Waals surface area contributed by atoms with Crippen molar-refractivity contribution >= 4 is 11.8 Å². The minimum Gasteiger partial charge on any atom is -0.480 e. The van der Waals surface area contributed by atoms with Crippen LogP contribution in [0.4, 0.5) is 0 Å². The first-order valence-electron chi connectivity index (χ1n) is 7.14. The van der Waals surface area contributed by atoms with Crippen molar-refractivity contribution in [2.45, 2.75) is 44.1 Å². The molecule has 3 N–H and O–H groups in total. The second-order valence-corrected chi connectivity index (χ2v) is 5.56. The van der Waals surface area contributed by atoms with Gasteiger partial charge in [0, 0.05) is 6.42 Å². The summed E-state index contributed by atoms with van der Waals surface area (Å²) in [4.78, 5) is 23.3. The van der Waals surface area contributed by atoms with Gasteiger partial charge in [-0.05, 0) is 43.6 Å². The summed E-state index contributed by atoms with van der Waals surface area (Å²) in [5.74, 6) is -1.74. The molecule has 1 saturated carbocycles. The van der Waals surface area contributed by atoms with Crippen molar-refractivity contribution in [2.24, 2.45) is 11.7 Å². The normalized spacial score (nSPS) is 26.4. The van der Waals surface area contributed by atoms with Crippen molar-refractivity contribution in [2.75, 3.05) is 0 Å². The molecule has 108 valence electrons. The predicted octanol–water partition coefficient (Wildman–Crippen LogP) is 2.16. The third kappa shape index (κ3) is 2.90. The van der Waals surface area contributed by atoms with E-state index < -0.39 is 11.5 Å². The average molecular weight is 275 g/mol. The van der Waals surface area contributed by atoms with Crippen LogP contribution in [-0.4, -0.2) is 22.4 Å². The lowest BCUT2D eigenvalue weighted by atomic mass is 9.70. The molecule has 2 atom stereocenters. The molecule has 0 aromatic heterocycles. The summed E-state index contributed by atoms with van der Waals surface area (Å²) >= 11 is 0. The summed E-state index contributed by atoms with van der Waals surface area (Å²) < 4.78 is 0. The van der Waals surface area contributed by atoms with Gasteiger partial charge in [-0.1, -0.05) is 30.3 Å². The molecule has 0 bridgehead atoms. The number of ketones is 1. The van der Waals surface area contributed by atoms with Crippen molar-refractivity contribution < 1.29 is 14.7 Å². The van der Waals surface area contributed by atoms with Crippen LogP contribution >= 0.6 is 0 Å². The van der Waals surface area contributed by atoms with Crippen LogP contribution in [0.25, 0.3) is 0 Å². The summed E-state index contributed by atoms with van der Waals surface area (Å²) in [5, 5.41) is 9.31. The summed E-state index contributed by atoms with van der Waals surface area (Å²) in [6, 6.07) is 10.1. The van der Waals surface area contributed by atoms with Crippen molar-refractivity contribution in [1.82, 2.24) is 0 Å². The smallest absolute Gasteiger partial charge is 0.331 e. The van der Waals surface area contributed by atoms with E-state index in [9.17, 15) is 14.7 Å². The van der Waals surface area contributed by atoms with Crippen molar-refractivity contribution in [3.63, 3.8) is 0 Å². The third-order valence-electron chi connectivity index (χ3n) is 4.28. The van der Waals surface area contributed by atoms with Crippen LogP contribution in [0.2, 0.25) is 0 Å². The molecule has 4 heteroatoms. The fourth-order valence-electron chi connectivity index (χ4n) is 3.03. The van der Waals surface area contributed by atoms with Gasteiger partial charge in [0.1, 0.15) is 0 Å². The zero-order chi connectivity index (χ0) is 14.6. The topological polar surface area (TPSA) is 80.4 Å². The fraction of sp³-hybridized carbons (Fsp3) is 0.500. The number of nitrogens with two attached hydrogens (primary N) is 1. The summed E-state index contributed by atoms with van der Waals surface area (Å²) in [6.07, 6.45) is 4.20. The Labute approximate surface area is 119 Å². The van der Waals surface area contributed by atoms with E-state index in [1.165, 1.54) is 5.56 Å². The summed E-state index contributed by atoms with van der Waals surface area (Å²) in [5.41, 5.74) is 5.48. The first kappa shape index (κ1) is 14.7. The zero-order valence-corrected chi connectivity index (χ0v) is 11.5. The van der Waals surface area contributed by atoms with E-state index in [4.69, 9.17) is 5.73 Å². The van der Waals surface area contributed by atoms with Gasteiger partial charge in [0.05, 0.1) is 0 Å². The Hall–Kier alpha value is -1.68. The number of carboxylic acid groups (broad SMARTS) is 1. The first-order chi connectivity index (χ1) is 9.55. The van der Waals surface area contributed by atoms with Gasteiger partial charge >= 0.3 is 5.97 Å². The number of hydrogen-bond acceptors (Lipinski definition) is 3. The van der Waals surface area contributed by atoms with Gasteiger partial charge in [0.15, 0.2) is 11.3 Å². The monoisotopic (exact) mass is 275 g/mol. The number of aryl methyl sites for hydroxylation is 1. The van der Waals surface area contributed by atoms with Gasteiger partial charge in [0.25, 0.3) is 0 Å². The van der Waals surface area contributed by atoms with E-state index in [1.54, 1.807) is 0 Å². The quantitative estimate of drug-likeness (QED) is 0.807. The second-order valence-electron chi connectivity index (χ2n) is 5.56. The average Bonchev–Trinajstić information content (AvgIpc) is 2.44. The Balaban J connectivity index is 1.97. The molecule has 2 rings (SSSR count). The minimum atomic E-state index is -1.67. The van der Waals surface area contributed by atoms with E-state index in [-0.39, 0.29) is 18.1 Å². The van der Waals surface area contributed by atoms with E-state index in [0.29, 0.717) is 6.42 Å². The van der Waals surface area contributed by atoms with Gasteiger partial charge in [0.2, 0.25) is 0 Å². The van der Waals surface area contributed by atoms with Gasteiger partial charge < -0.3 is 10.8 Å². The summed E-state index contributed by atoms with van der Waals surface area (Å²) in [7, 11) is 0. The maximum absolute atomic E-state index is 11.9. The largest absolute Gasteiger partial charge is 0.480 e. The molecule has 0 amide bonds. The predicted molar refractivity (Wildman–Crippen MR) is 76.3 cm³/mol. The van der Waals surface area contributed by atoms with Gasteiger partial charge in [-0.25, -0.2) is 4.79 Å². The molecule has 1 aromatic carbocycles. The Morgan fingerprint density at radius 1 is 1.35 bits per heavy atom. The highest BCUT2D eigenvalue weighted by Crippen LogP contribution is 2.33.